The van der Waals surface area contributed by atoms with Gasteiger partial charge in [0.05, 0.1) is 20.4 Å². The number of carbonyl (C=O) groups excluding carboxylic acids is 1. The molecule has 2 rings (SSSR count). The van der Waals surface area contributed by atoms with Crippen molar-refractivity contribution in [3.63, 3.8) is 0 Å². The maximum atomic E-state index is 11.5. The summed E-state index contributed by atoms with van der Waals surface area (Å²) < 4.78 is 11.3. The largest absolute Gasteiger partial charge is 0.494 e. The first-order valence-electron chi connectivity index (χ1n) is 5.76. The van der Waals surface area contributed by atoms with Crippen LogP contribution in [-0.4, -0.2) is 30.0 Å². The van der Waals surface area contributed by atoms with Crippen LogP contribution in [0.25, 0.3) is 5.69 Å². The second-order valence-corrected chi connectivity index (χ2v) is 4.53. The number of aryl methyl sites for hydroxylation is 1. The van der Waals surface area contributed by atoms with Crippen LogP contribution in [0.3, 0.4) is 0 Å². The molecule has 0 atom stereocenters. The topological polar surface area (TPSA) is 79.4 Å². The molecule has 1 aromatic heterocycles. The minimum atomic E-state index is -0.543. The van der Waals surface area contributed by atoms with Gasteiger partial charge in [-0.2, -0.15) is 5.10 Å². The zero-order valence-electron chi connectivity index (χ0n) is 11.3. The maximum Gasteiger partial charge on any atom is 0.343 e. The fourth-order valence-electron chi connectivity index (χ4n) is 1.79. The summed E-state index contributed by atoms with van der Waals surface area (Å²) in [5.74, 6) is 0.141. The summed E-state index contributed by atoms with van der Waals surface area (Å²) >= 11 is 6.05. The Labute approximate surface area is 121 Å². The molecule has 1 heterocycles. The van der Waals surface area contributed by atoms with E-state index in [4.69, 9.17) is 22.1 Å². The van der Waals surface area contributed by atoms with E-state index >= 15 is 0 Å². The van der Waals surface area contributed by atoms with Crippen molar-refractivity contribution in [2.24, 2.45) is 0 Å². The van der Waals surface area contributed by atoms with Crippen LogP contribution in [0.15, 0.2) is 18.3 Å². The standard InChI is InChI=1S/C13H14ClN3O3/c1-7-4-10(11(19-2)5-9(7)14)17-12(15)8(6-16-17)13(18)20-3/h4-6H,15H2,1-3H3. The van der Waals surface area contributed by atoms with Crippen LogP contribution in [0.4, 0.5) is 5.82 Å². The highest BCUT2D eigenvalue weighted by Gasteiger charge is 2.19. The Bertz CT molecular complexity index is 667. The summed E-state index contributed by atoms with van der Waals surface area (Å²) in [5, 5.41) is 4.68. The van der Waals surface area contributed by atoms with E-state index < -0.39 is 5.97 Å². The molecule has 0 spiro atoms. The van der Waals surface area contributed by atoms with Gasteiger partial charge >= 0.3 is 5.97 Å². The Morgan fingerprint density at radius 2 is 2.10 bits per heavy atom. The highest BCUT2D eigenvalue weighted by atomic mass is 35.5. The summed E-state index contributed by atoms with van der Waals surface area (Å²) in [6.45, 7) is 1.85. The first kappa shape index (κ1) is 14.2. The van der Waals surface area contributed by atoms with Gasteiger partial charge in [0.15, 0.2) is 0 Å². The van der Waals surface area contributed by atoms with Crippen LogP contribution in [-0.2, 0) is 4.74 Å². The lowest BCUT2D eigenvalue weighted by molar-refractivity contribution is 0.0602. The van der Waals surface area contributed by atoms with Crippen LogP contribution in [0, 0.1) is 6.92 Å². The lowest BCUT2D eigenvalue weighted by atomic mass is 10.2. The van der Waals surface area contributed by atoms with E-state index in [9.17, 15) is 4.79 Å². The molecule has 2 aromatic rings. The van der Waals surface area contributed by atoms with Crippen LogP contribution >= 0.6 is 11.6 Å². The number of hydrogen-bond acceptors (Lipinski definition) is 5. The van der Waals surface area contributed by atoms with Gasteiger partial charge in [0.25, 0.3) is 0 Å². The third-order valence-electron chi connectivity index (χ3n) is 2.90. The molecule has 0 aliphatic rings. The summed E-state index contributed by atoms with van der Waals surface area (Å²) in [6.07, 6.45) is 1.35. The Balaban J connectivity index is 2.60. The predicted molar refractivity (Wildman–Crippen MR) is 75.6 cm³/mol. The molecule has 20 heavy (non-hydrogen) atoms. The Kier molecular flexibility index (Phi) is 3.85. The first-order chi connectivity index (χ1) is 9.49. The van der Waals surface area contributed by atoms with Crippen LogP contribution in [0.1, 0.15) is 15.9 Å². The van der Waals surface area contributed by atoms with Gasteiger partial charge in [-0.15, -0.1) is 0 Å². The Morgan fingerprint density at radius 3 is 2.70 bits per heavy atom. The quantitative estimate of drug-likeness (QED) is 0.878. The molecule has 0 radical (unpaired) electrons. The van der Waals surface area contributed by atoms with Crippen molar-refractivity contribution in [3.8, 4) is 11.4 Å². The molecule has 0 fully saturated rings. The average molecular weight is 296 g/mol. The summed E-state index contributed by atoms with van der Waals surface area (Å²) in [7, 11) is 2.80. The lowest BCUT2D eigenvalue weighted by Crippen LogP contribution is -2.08. The minimum absolute atomic E-state index is 0.178. The van der Waals surface area contributed by atoms with E-state index in [0.29, 0.717) is 16.5 Å². The highest BCUT2D eigenvalue weighted by molar-refractivity contribution is 6.31. The number of nitrogens with zero attached hydrogens (tertiary/aromatic N) is 2. The number of nitrogen functional groups attached to an aromatic ring is 1. The summed E-state index contributed by atoms with van der Waals surface area (Å²) in [5.41, 5.74) is 7.57. The zero-order chi connectivity index (χ0) is 14.9. The fraction of sp³-hybridized carbons (Fsp3) is 0.231. The molecule has 2 N–H and O–H groups in total. The molecule has 106 valence electrons. The van der Waals surface area contributed by atoms with Crippen molar-refractivity contribution in [1.82, 2.24) is 9.78 Å². The fourth-order valence-corrected chi connectivity index (χ4v) is 1.95. The van der Waals surface area contributed by atoms with Crippen LogP contribution in [0.5, 0.6) is 5.75 Å². The van der Waals surface area contributed by atoms with E-state index in [1.165, 1.54) is 25.1 Å². The Morgan fingerprint density at radius 1 is 1.40 bits per heavy atom. The van der Waals surface area contributed by atoms with Crippen LogP contribution in [0.2, 0.25) is 5.02 Å². The summed E-state index contributed by atoms with van der Waals surface area (Å²) in [4.78, 5) is 11.5. The van der Waals surface area contributed by atoms with Crippen molar-refractivity contribution in [1.29, 1.82) is 0 Å². The van der Waals surface area contributed by atoms with Gasteiger partial charge in [-0.1, -0.05) is 11.6 Å². The molecule has 0 saturated carbocycles. The molecule has 0 aliphatic heterocycles. The van der Waals surface area contributed by atoms with Crippen molar-refractivity contribution >= 4 is 23.4 Å². The third-order valence-corrected chi connectivity index (χ3v) is 3.31. The van der Waals surface area contributed by atoms with Gasteiger partial charge in [0.2, 0.25) is 0 Å². The van der Waals surface area contributed by atoms with E-state index in [0.717, 1.165) is 5.56 Å². The summed E-state index contributed by atoms with van der Waals surface area (Å²) in [6, 6.07) is 3.46. The van der Waals surface area contributed by atoms with E-state index in [1.54, 1.807) is 12.1 Å². The van der Waals surface area contributed by atoms with Crippen molar-refractivity contribution in [2.45, 2.75) is 6.92 Å². The smallest absolute Gasteiger partial charge is 0.343 e. The Hall–Kier alpha value is -2.21. The molecule has 0 saturated heterocycles. The normalized spacial score (nSPS) is 10.4. The van der Waals surface area contributed by atoms with Crippen molar-refractivity contribution < 1.29 is 14.3 Å². The number of nitrogens with two attached hydrogens (primary N) is 1. The average Bonchev–Trinajstić information content (AvgIpc) is 2.82. The second kappa shape index (κ2) is 5.42. The minimum Gasteiger partial charge on any atom is -0.494 e. The number of anilines is 1. The van der Waals surface area contributed by atoms with E-state index in [2.05, 4.69) is 9.84 Å². The molecule has 0 amide bonds. The van der Waals surface area contributed by atoms with Gasteiger partial charge < -0.3 is 15.2 Å². The van der Waals surface area contributed by atoms with Crippen molar-refractivity contribution in [2.75, 3.05) is 20.0 Å². The van der Waals surface area contributed by atoms with Gasteiger partial charge in [0, 0.05) is 11.1 Å². The number of aromatic nitrogens is 2. The van der Waals surface area contributed by atoms with E-state index in [1.807, 2.05) is 6.92 Å². The lowest BCUT2D eigenvalue weighted by Gasteiger charge is -2.12. The van der Waals surface area contributed by atoms with Gasteiger partial charge in [0.1, 0.15) is 22.8 Å². The molecular formula is C13H14ClN3O3. The molecule has 0 unspecified atom stereocenters. The molecule has 7 heteroatoms. The number of ether oxygens (including phenoxy) is 2. The number of hydrogen-bond donors (Lipinski definition) is 1. The van der Waals surface area contributed by atoms with Crippen molar-refractivity contribution in [3.05, 3.63) is 34.5 Å². The molecule has 0 aliphatic carbocycles. The number of carbonyl (C=O) groups is 1. The number of halogens is 1. The molecule has 1 aromatic carbocycles. The number of benzene rings is 1. The number of esters is 1. The number of rotatable bonds is 3. The molecular weight excluding hydrogens is 282 g/mol. The second-order valence-electron chi connectivity index (χ2n) is 4.12. The van der Waals surface area contributed by atoms with Gasteiger partial charge in [-0.3, -0.25) is 0 Å². The highest BCUT2D eigenvalue weighted by Crippen LogP contribution is 2.31. The van der Waals surface area contributed by atoms with E-state index in [-0.39, 0.29) is 11.4 Å². The monoisotopic (exact) mass is 295 g/mol. The zero-order valence-corrected chi connectivity index (χ0v) is 12.1. The maximum absolute atomic E-state index is 11.5. The first-order valence-corrected chi connectivity index (χ1v) is 6.13. The molecule has 0 bridgehead atoms. The van der Waals surface area contributed by atoms with Gasteiger partial charge in [-0.25, -0.2) is 9.48 Å². The predicted octanol–water partition coefficient (Wildman–Crippen LogP) is 2.21. The van der Waals surface area contributed by atoms with Crippen LogP contribution < -0.4 is 10.5 Å². The molecule has 6 nitrogen and oxygen atoms in total. The number of methoxy groups -OCH3 is 2. The third kappa shape index (κ3) is 2.30. The SMILES string of the molecule is COC(=O)c1cnn(-c2cc(C)c(Cl)cc2OC)c1N. The van der Waals surface area contributed by atoms with Gasteiger partial charge in [-0.05, 0) is 18.6 Å².